The maximum atomic E-state index is 13.2. The average molecular weight is 442 g/mol. The minimum atomic E-state index is -3.57. The van der Waals surface area contributed by atoms with E-state index in [-0.39, 0.29) is 5.92 Å². The maximum Gasteiger partial charge on any atom is 0.243 e. The summed E-state index contributed by atoms with van der Waals surface area (Å²) in [6, 6.07) is 12.9. The SMILES string of the molecule is COc1ccc(S(=O)(=O)N2CCCC(Cc3nc(-c4ccccc4C)no3)C2)cc1C. The molecule has 0 saturated carbocycles. The van der Waals surface area contributed by atoms with Crippen LogP contribution in [0.3, 0.4) is 0 Å². The van der Waals surface area contributed by atoms with Crippen molar-refractivity contribution in [2.24, 2.45) is 5.92 Å². The van der Waals surface area contributed by atoms with Gasteiger partial charge in [-0.3, -0.25) is 0 Å². The molecule has 8 heteroatoms. The molecule has 0 bridgehead atoms. The van der Waals surface area contributed by atoms with E-state index in [1.54, 1.807) is 29.6 Å². The maximum absolute atomic E-state index is 13.2. The summed E-state index contributed by atoms with van der Waals surface area (Å²) in [5, 5.41) is 4.12. The van der Waals surface area contributed by atoms with Crippen molar-refractivity contribution >= 4 is 10.0 Å². The van der Waals surface area contributed by atoms with Crippen LogP contribution in [0.2, 0.25) is 0 Å². The highest BCUT2D eigenvalue weighted by atomic mass is 32.2. The predicted molar refractivity (Wildman–Crippen MR) is 117 cm³/mol. The first kappa shape index (κ1) is 21.5. The van der Waals surface area contributed by atoms with Crippen LogP contribution in [0.5, 0.6) is 5.75 Å². The molecule has 7 nitrogen and oxygen atoms in total. The monoisotopic (exact) mass is 441 g/mol. The number of ether oxygens (including phenoxy) is 1. The number of aromatic nitrogens is 2. The van der Waals surface area contributed by atoms with Gasteiger partial charge in [0, 0.05) is 25.1 Å². The molecule has 1 atom stereocenters. The molecule has 1 aliphatic rings. The topological polar surface area (TPSA) is 85.5 Å². The fourth-order valence-electron chi connectivity index (χ4n) is 4.09. The molecule has 1 unspecified atom stereocenters. The summed E-state index contributed by atoms with van der Waals surface area (Å²) in [4.78, 5) is 4.85. The summed E-state index contributed by atoms with van der Waals surface area (Å²) in [7, 11) is -1.99. The Morgan fingerprint density at radius 1 is 1.16 bits per heavy atom. The van der Waals surface area contributed by atoms with Gasteiger partial charge >= 0.3 is 0 Å². The molecule has 0 aliphatic carbocycles. The largest absolute Gasteiger partial charge is 0.496 e. The molecule has 1 aromatic heterocycles. The number of rotatable bonds is 6. The van der Waals surface area contributed by atoms with Crippen molar-refractivity contribution in [3.05, 3.63) is 59.5 Å². The normalized spacial score (nSPS) is 17.6. The molecular formula is C23H27N3O4S. The lowest BCUT2D eigenvalue weighted by atomic mass is 9.96. The summed E-state index contributed by atoms with van der Waals surface area (Å²) in [6.45, 7) is 4.81. The number of sulfonamides is 1. The molecule has 1 fully saturated rings. The third-order valence-corrected chi connectivity index (χ3v) is 7.66. The minimum absolute atomic E-state index is 0.132. The number of methoxy groups -OCH3 is 1. The molecule has 4 rings (SSSR count). The number of nitrogens with zero attached hydrogens (tertiary/aromatic N) is 3. The number of aryl methyl sites for hydroxylation is 2. The van der Waals surface area contributed by atoms with Crippen LogP contribution in [0.4, 0.5) is 0 Å². The Labute approximate surface area is 183 Å². The second kappa shape index (κ2) is 8.80. The molecule has 0 spiro atoms. The van der Waals surface area contributed by atoms with Crippen molar-refractivity contribution in [3.63, 3.8) is 0 Å². The van der Waals surface area contributed by atoms with E-state index in [1.807, 2.05) is 38.1 Å². The highest BCUT2D eigenvalue weighted by Crippen LogP contribution is 2.29. The van der Waals surface area contributed by atoms with Gasteiger partial charge in [0.25, 0.3) is 0 Å². The van der Waals surface area contributed by atoms with Gasteiger partial charge in [0.1, 0.15) is 5.75 Å². The molecule has 2 heterocycles. The van der Waals surface area contributed by atoms with E-state index in [9.17, 15) is 8.42 Å². The van der Waals surface area contributed by atoms with Gasteiger partial charge in [-0.15, -0.1) is 0 Å². The smallest absolute Gasteiger partial charge is 0.243 e. The Hall–Kier alpha value is -2.71. The lowest BCUT2D eigenvalue weighted by Crippen LogP contribution is -2.40. The molecule has 0 amide bonds. The second-order valence-electron chi connectivity index (χ2n) is 8.03. The van der Waals surface area contributed by atoms with Crippen LogP contribution in [0.15, 0.2) is 51.9 Å². The number of piperidine rings is 1. The van der Waals surface area contributed by atoms with E-state index in [0.717, 1.165) is 29.5 Å². The van der Waals surface area contributed by atoms with E-state index >= 15 is 0 Å². The minimum Gasteiger partial charge on any atom is -0.496 e. The fourth-order valence-corrected chi connectivity index (χ4v) is 5.73. The van der Waals surface area contributed by atoms with Crippen molar-refractivity contribution in [2.45, 2.75) is 38.0 Å². The Balaban J connectivity index is 1.48. The predicted octanol–water partition coefficient (Wildman–Crippen LogP) is 4.01. The lowest BCUT2D eigenvalue weighted by Gasteiger charge is -2.31. The number of benzene rings is 2. The highest BCUT2D eigenvalue weighted by Gasteiger charge is 2.31. The van der Waals surface area contributed by atoms with Crippen LogP contribution < -0.4 is 4.74 Å². The van der Waals surface area contributed by atoms with Crippen LogP contribution >= 0.6 is 0 Å². The third-order valence-electron chi connectivity index (χ3n) is 5.80. The average Bonchev–Trinajstić information content (AvgIpc) is 3.22. The summed E-state index contributed by atoms with van der Waals surface area (Å²) < 4.78 is 38.7. The quantitative estimate of drug-likeness (QED) is 0.575. The molecule has 2 aromatic carbocycles. The van der Waals surface area contributed by atoms with Crippen LogP contribution in [0, 0.1) is 19.8 Å². The third kappa shape index (κ3) is 4.50. The Morgan fingerprint density at radius 3 is 2.71 bits per heavy atom. The highest BCUT2D eigenvalue weighted by molar-refractivity contribution is 7.89. The Kier molecular flexibility index (Phi) is 6.11. The van der Waals surface area contributed by atoms with E-state index in [0.29, 0.717) is 41.9 Å². The van der Waals surface area contributed by atoms with Crippen molar-refractivity contribution in [2.75, 3.05) is 20.2 Å². The van der Waals surface area contributed by atoms with Crippen LogP contribution in [-0.4, -0.2) is 43.1 Å². The molecule has 0 N–H and O–H groups in total. The zero-order valence-electron chi connectivity index (χ0n) is 18.0. The molecule has 1 saturated heterocycles. The van der Waals surface area contributed by atoms with Crippen molar-refractivity contribution in [1.29, 1.82) is 0 Å². The Bertz CT molecular complexity index is 1170. The Morgan fingerprint density at radius 2 is 1.97 bits per heavy atom. The van der Waals surface area contributed by atoms with Gasteiger partial charge in [-0.2, -0.15) is 9.29 Å². The molecule has 3 aromatic rings. The van der Waals surface area contributed by atoms with Gasteiger partial charge in [-0.1, -0.05) is 29.4 Å². The van der Waals surface area contributed by atoms with Gasteiger partial charge in [0.2, 0.25) is 21.7 Å². The molecule has 31 heavy (non-hydrogen) atoms. The summed E-state index contributed by atoms with van der Waals surface area (Å²) in [5.74, 6) is 1.93. The summed E-state index contributed by atoms with van der Waals surface area (Å²) in [5.41, 5.74) is 2.83. The van der Waals surface area contributed by atoms with E-state index in [2.05, 4.69) is 10.1 Å². The van der Waals surface area contributed by atoms with E-state index in [4.69, 9.17) is 9.26 Å². The van der Waals surface area contributed by atoms with Gasteiger partial charge in [0.15, 0.2) is 0 Å². The summed E-state index contributed by atoms with van der Waals surface area (Å²) >= 11 is 0. The molecule has 1 aliphatic heterocycles. The van der Waals surface area contributed by atoms with Crippen LogP contribution in [0.1, 0.15) is 29.9 Å². The van der Waals surface area contributed by atoms with E-state index in [1.165, 1.54) is 0 Å². The van der Waals surface area contributed by atoms with Crippen LogP contribution in [0.25, 0.3) is 11.4 Å². The van der Waals surface area contributed by atoms with Crippen molar-refractivity contribution < 1.29 is 17.7 Å². The zero-order valence-corrected chi connectivity index (χ0v) is 18.9. The van der Waals surface area contributed by atoms with Gasteiger partial charge in [-0.25, -0.2) is 8.42 Å². The molecule has 164 valence electrons. The number of hydrogen-bond donors (Lipinski definition) is 0. The van der Waals surface area contributed by atoms with Gasteiger partial charge in [-0.05, 0) is 61.9 Å². The first-order valence-corrected chi connectivity index (χ1v) is 11.9. The first-order valence-electron chi connectivity index (χ1n) is 10.4. The summed E-state index contributed by atoms with van der Waals surface area (Å²) in [6.07, 6.45) is 2.29. The van der Waals surface area contributed by atoms with Gasteiger partial charge < -0.3 is 9.26 Å². The van der Waals surface area contributed by atoms with Crippen LogP contribution in [-0.2, 0) is 16.4 Å². The molecular weight excluding hydrogens is 414 g/mol. The zero-order chi connectivity index (χ0) is 22.0. The first-order chi connectivity index (χ1) is 14.9. The lowest BCUT2D eigenvalue weighted by molar-refractivity contribution is 0.247. The van der Waals surface area contributed by atoms with Crippen molar-refractivity contribution in [1.82, 2.24) is 14.4 Å². The van der Waals surface area contributed by atoms with Gasteiger partial charge in [0.05, 0.1) is 12.0 Å². The standard InChI is InChI=1S/C23H27N3O4S/c1-16-7-4-5-9-20(16)23-24-22(30-25-23)14-18-8-6-12-26(15-18)31(27,28)19-10-11-21(29-3)17(2)13-19/h4-5,7,9-11,13,18H,6,8,12,14-15H2,1-3H3. The number of hydrogen-bond acceptors (Lipinski definition) is 6. The fraction of sp³-hybridized carbons (Fsp3) is 0.391. The second-order valence-corrected chi connectivity index (χ2v) is 9.97. The van der Waals surface area contributed by atoms with Crippen molar-refractivity contribution in [3.8, 4) is 17.1 Å². The van der Waals surface area contributed by atoms with E-state index < -0.39 is 10.0 Å². The molecule has 0 radical (unpaired) electrons.